The number of nitrogens with zero attached hydrogens (tertiary/aromatic N) is 5. The van der Waals surface area contributed by atoms with Crippen molar-refractivity contribution in [1.29, 1.82) is 0 Å². The van der Waals surface area contributed by atoms with Crippen molar-refractivity contribution in [3.05, 3.63) is 70.9 Å². The molecule has 1 saturated heterocycles. The highest BCUT2D eigenvalue weighted by atomic mass is 32.2. The van der Waals surface area contributed by atoms with Gasteiger partial charge in [-0.2, -0.15) is 0 Å². The molecule has 1 aliphatic carbocycles. The van der Waals surface area contributed by atoms with Crippen molar-refractivity contribution < 1.29 is 18.7 Å². The summed E-state index contributed by atoms with van der Waals surface area (Å²) >= 11 is 1.27. The number of likely N-dealkylation sites (N-methyl/N-ethyl adjacent to an activating group) is 1. The van der Waals surface area contributed by atoms with Gasteiger partial charge in [0, 0.05) is 59.3 Å². The van der Waals surface area contributed by atoms with Crippen LogP contribution >= 0.6 is 12.1 Å². The van der Waals surface area contributed by atoms with Crippen LogP contribution in [0.4, 0.5) is 0 Å². The summed E-state index contributed by atoms with van der Waals surface area (Å²) in [6.45, 7) is 3.55. The highest BCUT2D eigenvalue weighted by molar-refractivity contribution is 7.95. The number of carbonyl (C=O) groups is 2. The van der Waals surface area contributed by atoms with E-state index in [-0.39, 0.29) is 29.8 Å². The van der Waals surface area contributed by atoms with Gasteiger partial charge in [0.05, 0.1) is 18.7 Å². The van der Waals surface area contributed by atoms with Gasteiger partial charge in [0.15, 0.2) is 11.6 Å². The van der Waals surface area contributed by atoms with Gasteiger partial charge >= 0.3 is 0 Å². The van der Waals surface area contributed by atoms with Crippen molar-refractivity contribution in [3.8, 4) is 17.0 Å². The molecule has 50 heavy (non-hydrogen) atoms. The van der Waals surface area contributed by atoms with Crippen LogP contribution in [0.15, 0.2) is 47.1 Å². The molecule has 1 saturated carbocycles. The molecule has 2 aliphatic heterocycles. The number of benzene rings is 2. The molecule has 2 amide bonds. The van der Waals surface area contributed by atoms with Crippen LogP contribution in [0.25, 0.3) is 22.2 Å². The Bertz CT molecular complexity index is 1880. The van der Waals surface area contributed by atoms with E-state index >= 15 is 0 Å². The number of methoxy groups -OCH3 is 1. The van der Waals surface area contributed by atoms with E-state index in [9.17, 15) is 9.59 Å². The standard InChI is InChI=1S/C39H50N6O4S/c1-24-12-14-29(22-42(2)3)45(24)39(47)33-23-49-38(40-33)28-18-27-19-30(48-6)15-17-31(27)36-35(25-10-8-7-9-11-25)32-16-13-26(20-34(32)44(36)21-28)37(46)41-50-43(4)5/h13,15-17,19-20,23-25,28-29H,7-12,14,18,21-22H2,1-6H3,(H,41,46). The summed E-state index contributed by atoms with van der Waals surface area (Å²) in [5.74, 6) is 1.46. The molecule has 0 bridgehead atoms. The van der Waals surface area contributed by atoms with Crippen LogP contribution in [-0.2, 0) is 13.0 Å². The molecule has 3 aliphatic rings. The number of rotatable bonds is 9. The zero-order valence-corrected chi connectivity index (χ0v) is 31.0. The molecule has 0 radical (unpaired) electrons. The third-order valence-electron chi connectivity index (χ3n) is 10.8. The molecular formula is C39H50N6O4S. The van der Waals surface area contributed by atoms with Crippen LogP contribution in [0, 0.1) is 0 Å². The maximum absolute atomic E-state index is 14.0. The first-order valence-electron chi connectivity index (χ1n) is 18.0. The first-order valence-corrected chi connectivity index (χ1v) is 18.8. The van der Waals surface area contributed by atoms with Crippen LogP contribution in [-0.4, -0.2) is 89.4 Å². The van der Waals surface area contributed by atoms with Gasteiger partial charge in [0.1, 0.15) is 12.0 Å². The quantitative estimate of drug-likeness (QED) is 0.185. The number of aromatic nitrogens is 2. The molecular weight excluding hydrogens is 649 g/mol. The van der Waals surface area contributed by atoms with E-state index in [1.165, 1.54) is 59.2 Å². The molecule has 2 aromatic carbocycles. The Morgan fingerprint density at radius 2 is 1.82 bits per heavy atom. The number of amides is 2. The third kappa shape index (κ3) is 6.67. The fraction of sp³-hybridized carbons (Fsp3) is 0.513. The molecule has 1 N–H and O–H groups in total. The minimum absolute atomic E-state index is 0.0644. The normalized spacial score (nSPS) is 21.0. The lowest BCUT2D eigenvalue weighted by molar-refractivity contribution is 0.0650. The number of hydrogen-bond donors (Lipinski definition) is 1. The zero-order valence-electron chi connectivity index (χ0n) is 30.2. The number of nitrogens with one attached hydrogen (secondary N) is 1. The molecule has 0 spiro atoms. The van der Waals surface area contributed by atoms with Crippen LogP contribution in [0.1, 0.15) is 102 Å². The lowest BCUT2D eigenvalue weighted by atomic mass is 9.81. The monoisotopic (exact) mass is 698 g/mol. The Balaban J connectivity index is 1.34. The predicted molar refractivity (Wildman–Crippen MR) is 199 cm³/mol. The Morgan fingerprint density at radius 3 is 2.56 bits per heavy atom. The van der Waals surface area contributed by atoms with E-state index < -0.39 is 0 Å². The molecule has 3 atom stereocenters. The number of carbonyl (C=O) groups excluding carboxylic acids is 2. The highest BCUT2D eigenvalue weighted by Crippen LogP contribution is 2.48. The maximum atomic E-state index is 14.0. The van der Waals surface area contributed by atoms with Gasteiger partial charge in [-0.15, -0.1) is 0 Å². The molecule has 7 rings (SSSR count). The van der Waals surface area contributed by atoms with Crippen LogP contribution in [0.2, 0.25) is 0 Å². The van der Waals surface area contributed by atoms with Gasteiger partial charge in [-0.1, -0.05) is 25.3 Å². The molecule has 2 fully saturated rings. The highest BCUT2D eigenvalue weighted by Gasteiger charge is 2.38. The second-order valence-electron chi connectivity index (χ2n) is 14.8. The van der Waals surface area contributed by atoms with Crippen molar-refractivity contribution in [2.75, 3.05) is 41.8 Å². The number of likely N-dealkylation sites (tertiary alicyclic amines) is 1. The number of hydrogen-bond acceptors (Lipinski definition) is 8. The molecule has 3 unspecified atom stereocenters. The van der Waals surface area contributed by atoms with Crippen LogP contribution in [0.5, 0.6) is 5.75 Å². The summed E-state index contributed by atoms with van der Waals surface area (Å²) in [5, 5.41) is 1.20. The van der Waals surface area contributed by atoms with Crippen molar-refractivity contribution in [2.45, 2.75) is 88.8 Å². The predicted octanol–water partition coefficient (Wildman–Crippen LogP) is 7.10. The number of ether oxygens (including phenoxy) is 1. The van der Waals surface area contributed by atoms with Crippen molar-refractivity contribution in [2.24, 2.45) is 0 Å². The topological polar surface area (TPSA) is 96.1 Å². The van der Waals surface area contributed by atoms with E-state index in [0.29, 0.717) is 36.0 Å². The first kappa shape index (κ1) is 34.6. The Kier molecular flexibility index (Phi) is 10.0. The molecule has 10 nitrogen and oxygen atoms in total. The largest absolute Gasteiger partial charge is 0.497 e. The number of fused-ring (bicyclic) bond motifs is 5. The Labute approximate surface area is 299 Å². The lowest BCUT2D eigenvalue weighted by Crippen LogP contribution is -2.44. The van der Waals surface area contributed by atoms with Gasteiger partial charge in [-0.3, -0.25) is 14.3 Å². The average Bonchev–Trinajstić information content (AvgIpc) is 3.79. The summed E-state index contributed by atoms with van der Waals surface area (Å²) in [4.78, 5) is 36.4. The van der Waals surface area contributed by atoms with Crippen LogP contribution in [0.3, 0.4) is 0 Å². The third-order valence-corrected chi connectivity index (χ3v) is 11.5. The zero-order chi connectivity index (χ0) is 35.1. The second-order valence-corrected chi connectivity index (χ2v) is 15.9. The molecule has 2 aromatic heterocycles. The van der Waals surface area contributed by atoms with E-state index in [0.717, 1.165) is 43.5 Å². The molecule has 266 valence electrons. The molecule has 11 heteroatoms. The minimum Gasteiger partial charge on any atom is -0.497 e. The summed E-state index contributed by atoms with van der Waals surface area (Å²) in [6, 6.07) is 12.8. The number of oxazole rings is 1. The smallest absolute Gasteiger partial charge is 0.276 e. The van der Waals surface area contributed by atoms with Crippen molar-refractivity contribution >= 4 is 34.9 Å². The van der Waals surface area contributed by atoms with E-state index in [1.54, 1.807) is 13.4 Å². The van der Waals surface area contributed by atoms with Crippen molar-refractivity contribution in [1.82, 2.24) is 28.4 Å². The van der Waals surface area contributed by atoms with E-state index in [1.807, 2.05) is 41.5 Å². The maximum Gasteiger partial charge on any atom is 0.276 e. The van der Waals surface area contributed by atoms with Gasteiger partial charge in [0.2, 0.25) is 0 Å². The SMILES string of the molecule is COc1ccc2c(c1)CC(c1nc(C(=O)N3C(C)CCC3CN(C)C)co1)Cn1c-2c(C2CCCCC2)c2ccc(C(=O)NSN(C)C)cc21. The van der Waals surface area contributed by atoms with Crippen LogP contribution < -0.4 is 9.46 Å². The van der Waals surface area contributed by atoms with Gasteiger partial charge < -0.3 is 23.5 Å². The summed E-state index contributed by atoms with van der Waals surface area (Å²) in [6.07, 6.45) is 10.2. The molecule has 4 heterocycles. The minimum atomic E-state index is -0.145. The Morgan fingerprint density at radius 1 is 1.02 bits per heavy atom. The van der Waals surface area contributed by atoms with Gasteiger partial charge in [-0.25, -0.2) is 9.29 Å². The fourth-order valence-electron chi connectivity index (χ4n) is 8.55. The second kappa shape index (κ2) is 14.4. The lowest BCUT2D eigenvalue weighted by Gasteiger charge is -2.29. The Hall–Kier alpha value is -3.80. The summed E-state index contributed by atoms with van der Waals surface area (Å²) < 4.78 is 19.2. The van der Waals surface area contributed by atoms with Gasteiger partial charge in [-0.05, 0) is 115 Å². The first-order chi connectivity index (χ1) is 24.1. The average molecular weight is 699 g/mol. The van der Waals surface area contributed by atoms with E-state index in [4.69, 9.17) is 14.1 Å². The summed E-state index contributed by atoms with van der Waals surface area (Å²) in [5.41, 5.74) is 6.96. The van der Waals surface area contributed by atoms with Gasteiger partial charge in [0.25, 0.3) is 11.8 Å². The fourth-order valence-corrected chi connectivity index (χ4v) is 8.93. The van der Waals surface area contributed by atoms with E-state index in [2.05, 4.69) is 53.4 Å². The summed E-state index contributed by atoms with van der Waals surface area (Å²) in [7, 11) is 9.61. The van der Waals surface area contributed by atoms with Crippen molar-refractivity contribution in [3.63, 3.8) is 0 Å². The molecule has 4 aromatic rings.